The molecule has 0 saturated heterocycles. The Morgan fingerprint density at radius 3 is 1.33 bits per heavy atom. The van der Waals surface area contributed by atoms with Crippen LogP contribution < -0.4 is 0 Å². The number of hydrogen-bond acceptors (Lipinski definition) is 1. The van der Waals surface area contributed by atoms with E-state index in [1.807, 2.05) is 6.07 Å². The van der Waals surface area contributed by atoms with Crippen molar-refractivity contribution in [2.24, 2.45) is 0 Å². The molecule has 0 aliphatic heterocycles. The van der Waals surface area contributed by atoms with E-state index in [0.29, 0.717) is 0 Å². The molecule has 0 saturated carbocycles. The van der Waals surface area contributed by atoms with Crippen LogP contribution in [0.2, 0.25) is 0 Å². The van der Waals surface area contributed by atoms with Gasteiger partial charge in [0.05, 0.1) is 0 Å². The molecule has 46 heavy (non-hydrogen) atoms. The monoisotopic (exact) mass is 716 g/mol. The minimum absolute atomic E-state index is 0.839. The van der Waals surface area contributed by atoms with Gasteiger partial charge in [-0.25, -0.2) is 0 Å². The maximum atomic E-state index is 13.6. The van der Waals surface area contributed by atoms with Crippen molar-refractivity contribution in [3.63, 3.8) is 0 Å². The van der Waals surface area contributed by atoms with Crippen LogP contribution in [0.1, 0.15) is 16.7 Å². The molecule has 0 atom stereocenters. The second-order valence-electron chi connectivity index (χ2n) is 12.0. The van der Waals surface area contributed by atoms with Crippen molar-refractivity contribution in [3.8, 4) is 33.4 Å². The Bertz CT molecular complexity index is 2420. The van der Waals surface area contributed by atoms with Gasteiger partial charge in [0, 0.05) is 25.6 Å². The zero-order chi connectivity index (χ0) is 31.0. The number of hydrogen-bond donors (Lipinski definition) is 1. The fourth-order valence-electron chi connectivity index (χ4n) is 7.61. The summed E-state index contributed by atoms with van der Waals surface area (Å²) in [4.78, 5) is 0. The summed E-state index contributed by atoms with van der Waals surface area (Å²) in [6.07, 6.45) is 0. The van der Waals surface area contributed by atoms with Crippen molar-refractivity contribution in [2.45, 2.75) is 5.60 Å². The predicted molar refractivity (Wildman–Crippen MR) is 199 cm³/mol. The minimum atomic E-state index is -1.46. The molecule has 1 N–H and O–H groups in total. The third-order valence-corrected chi connectivity index (χ3v) is 10.6. The van der Waals surface area contributed by atoms with Crippen molar-refractivity contribution >= 4 is 64.2 Å². The van der Waals surface area contributed by atoms with E-state index in [1.165, 1.54) is 32.3 Å². The second-order valence-corrected chi connectivity index (χ2v) is 13.9. The van der Waals surface area contributed by atoms with Gasteiger partial charge in [-0.15, -0.1) is 0 Å². The highest BCUT2D eigenvalue weighted by Crippen LogP contribution is 2.53. The molecule has 0 heterocycles. The molecule has 3 heteroatoms. The molecule has 0 fully saturated rings. The van der Waals surface area contributed by atoms with Crippen LogP contribution in [0.3, 0.4) is 0 Å². The summed E-state index contributed by atoms with van der Waals surface area (Å²) in [6, 6.07) is 53.4. The van der Waals surface area contributed by atoms with E-state index in [2.05, 4.69) is 177 Å². The lowest BCUT2D eigenvalue weighted by Crippen LogP contribution is -2.30. The van der Waals surface area contributed by atoms with E-state index in [1.54, 1.807) is 0 Å². The molecule has 218 valence electrons. The van der Waals surface area contributed by atoms with Crippen LogP contribution in [0.25, 0.3) is 65.7 Å². The van der Waals surface area contributed by atoms with Gasteiger partial charge in [-0.2, -0.15) is 0 Å². The second kappa shape index (κ2) is 10.5. The molecular weight excluding hydrogens is 692 g/mol. The molecule has 0 bridgehead atoms. The van der Waals surface area contributed by atoms with E-state index in [9.17, 15) is 5.11 Å². The Kier molecular flexibility index (Phi) is 6.33. The molecule has 8 aromatic rings. The van der Waals surface area contributed by atoms with Gasteiger partial charge in [0.25, 0.3) is 0 Å². The van der Waals surface area contributed by atoms with Crippen LogP contribution in [0.15, 0.2) is 161 Å². The first kappa shape index (κ1) is 27.7. The average Bonchev–Trinajstić information content (AvgIpc) is 3.19. The predicted octanol–water partition coefficient (Wildman–Crippen LogP) is 12.3. The molecule has 1 aliphatic rings. The first-order valence-electron chi connectivity index (χ1n) is 15.4. The number of rotatable bonds is 2. The maximum absolute atomic E-state index is 13.6. The van der Waals surface area contributed by atoms with E-state index in [-0.39, 0.29) is 0 Å². The standard InChI is InChI=1S/C43H26Br2O/c44-27-18-21-37-33-13-4-5-14-34(33)38-22-19-28(45)25-42(38)43(46,41(37)24-27)40-16-8-7-9-29(40)26-17-20-36-32-12-2-1-10-30(32)31-11-3-6-15-35(31)39(36)23-26/h1-25,46H. The van der Waals surface area contributed by atoms with Crippen LogP contribution in [0.5, 0.6) is 0 Å². The van der Waals surface area contributed by atoms with Gasteiger partial charge < -0.3 is 5.11 Å². The van der Waals surface area contributed by atoms with Crippen molar-refractivity contribution < 1.29 is 5.11 Å². The molecule has 1 nitrogen and oxygen atoms in total. The molecule has 0 spiro atoms. The quantitative estimate of drug-likeness (QED) is 0.177. The molecule has 0 aromatic heterocycles. The highest BCUT2D eigenvalue weighted by molar-refractivity contribution is 9.10. The molecule has 1 aliphatic carbocycles. The number of benzene rings is 8. The van der Waals surface area contributed by atoms with E-state index in [4.69, 9.17) is 0 Å². The fourth-order valence-corrected chi connectivity index (χ4v) is 8.34. The summed E-state index contributed by atoms with van der Waals surface area (Å²) < 4.78 is 1.84. The zero-order valence-electron chi connectivity index (χ0n) is 24.6. The Hall–Kier alpha value is -4.54. The van der Waals surface area contributed by atoms with Crippen molar-refractivity contribution in [1.29, 1.82) is 0 Å². The van der Waals surface area contributed by atoms with E-state index < -0.39 is 5.60 Å². The van der Waals surface area contributed by atoms with E-state index >= 15 is 0 Å². The zero-order valence-corrected chi connectivity index (χ0v) is 27.8. The number of fused-ring (bicyclic) bond motifs is 11. The van der Waals surface area contributed by atoms with E-state index in [0.717, 1.165) is 59.0 Å². The normalized spacial score (nSPS) is 13.3. The summed E-state index contributed by atoms with van der Waals surface area (Å²) in [5.74, 6) is 0. The van der Waals surface area contributed by atoms with Crippen LogP contribution >= 0.6 is 31.9 Å². The van der Waals surface area contributed by atoms with Crippen LogP contribution in [-0.4, -0.2) is 5.11 Å². The van der Waals surface area contributed by atoms with Gasteiger partial charge in [0.2, 0.25) is 0 Å². The highest BCUT2D eigenvalue weighted by atomic mass is 79.9. The maximum Gasteiger partial charge on any atom is 0.142 e. The summed E-state index contributed by atoms with van der Waals surface area (Å²) in [6.45, 7) is 0. The smallest absolute Gasteiger partial charge is 0.142 e. The Morgan fingerprint density at radius 1 is 0.348 bits per heavy atom. The summed E-state index contributed by atoms with van der Waals surface area (Å²) in [5.41, 5.74) is 7.35. The Balaban J connectivity index is 1.38. The SMILES string of the molecule is OC1(c2ccccc2-c2ccc3c4ccccc4c4ccccc4c3c2)c2cc(Br)ccc2-c2ccccc2-c2ccc(Br)cc21. The molecule has 0 radical (unpaired) electrons. The van der Waals surface area contributed by atoms with Crippen LogP contribution in [-0.2, 0) is 5.60 Å². The van der Waals surface area contributed by atoms with Crippen molar-refractivity contribution in [3.05, 3.63) is 177 Å². The first-order chi connectivity index (χ1) is 22.5. The molecule has 9 rings (SSSR count). The number of halogens is 2. The Labute approximate surface area is 284 Å². The highest BCUT2D eigenvalue weighted by Gasteiger charge is 2.42. The number of aliphatic hydroxyl groups is 1. The average molecular weight is 718 g/mol. The third kappa shape index (κ3) is 4.02. The third-order valence-electron chi connectivity index (χ3n) is 9.62. The van der Waals surface area contributed by atoms with Crippen molar-refractivity contribution in [2.75, 3.05) is 0 Å². The molecule has 0 amide bonds. The Morgan fingerprint density at radius 2 is 0.783 bits per heavy atom. The van der Waals surface area contributed by atoms with Gasteiger partial charge in [-0.1, -0.05) is 153 Å². The van der Waals surface area contributed by atoms with Crippen LogP contribution in [0, 0.1) is 0 Å². The summed E-state index contributed by atoms with van der Waals surface area (Å²) in [5, 5.41) is 21.0. The largest absolute Gasteiger partial charge is 0.376 e. The van der Waals surface area contributed by atoms with Gasteiger partial charge in [0.1, 0.15) is 5.60 Å². The fraction of sp³-hybridized carbons (Fsp3) is 0.0233. The summed E-state index contributed by atoms with van der Waals surface area (Å²) in [7, 11) is 0. The van der Waals surface area contributed by atoms with Gasteiger partial charge in [0.15, 0.2) is 0 Å². The minimum Gasteiger partial charge on any atom is -0.376 e. The molecule has 8 aromatic carbocycles. The molecular formula is C43H26Br2O. The van der Waals surface area contributed by atoms with Gasteiger partial charge in [-0.05, 0) is 96.0 Å². The van der Waals surface area contributed by atoms with Crippen LogP contribution in [0.4, 0.5) is 0 Å². The molecule has 0 unspecified atom stereocenters. The van der Waals surface area contributed by atoms with Gasteiger partial charge in [-0.3, -0.25) is 0 Å². The lowest BCUT2D eigenvalue weighted by Gasteiger charge is -2.34. The lowest BCUT2D eigenvalue weighted by atomic mass is 9.75. The summed E-state index contributed by atoms with van der Waals surface area (Å²) >= 11 is 7.49. The van der Waals surface area contributed by atoms with Crippen molar-refractivity contribution in [1.82, 2.24) is 0 Å². The lowest BCUT2D eigenvalue weighted by molar-refractivity contribution is 0.127. The first-order valence-corrected chi connectivity index (χ1v) is 17.0. The topological polar surface area (TPSA) is 20.2 Å². The van der Waals surface area contributed by atoms with Gasteiger partial charge >= 0.3 is 0 Å².